The molecule has 0 bridgehead atoms. The molecule has 0 spiro atoms. The van der Waals surface area contributed by atoms with E-state index in [2.05, 4.69) is 101 Å². The van der Waals surface area contributed by atoms with Crippen molar-refractivity contribution in [1.82, 2.24) is 9.97 Å². The van der Waals surface area contributed by atoms with E-state index < -0.39 is 39.5 Å². The van der Waals surface area contributed by atoms with Crippen molar-refractivity contribution in [1.29, 1.82) is 0 Å². The molecule has 0 aliphatic heterocycles. The van der Waals surface area contributed by atoms with Crippen LogP contribution in [0.1, 0.15) is 51.2 Å². The van der Waals surface area contributed by atoms with E-state index in [1.165, 1.54) is 9.96 Å². The number of benzene rings is 4. The second-order valence-electron chi connectivity index (χ2n) is 17.5. The van der Waals surface area contributed by atoms with Crippen LogP contribution in [0, 0.1) is 23.5 Å². The molecule has 0 aliphatic rings. The number of fused-ring (bicyclic) bond motifs is 3. The van der Waals surface area contributed by atoms with Gasteiger partial charge in [0.25, 0.3) is 0 Å². The predicted molar refractivity (Wildman–Crippen MR) is 237 cm³/mol. The van der Waals surface area contributed by atoms with Crippen molar-refractivity contribution >= 4 is 52.9 Å². The Morgan fingerprint density at radius 3 is 2.16 bits per heavy atom. The Morgan fingerprint density at radius 2 is 1.53 bits per heavy atom. The molecule has 0 saturated carbocycles. The summed E-state index contributed by atoms with van der Waals surface area (Å²) < 4.78 is 42.4. The molecule has 0 fully saturated rings. The first kappa shape index (κ1) is 37.0. The van der Waals surface area contributed by atoms with Gasteiger partial charge in [-0.25, -0.2) is 0 Å². The maximum atomic E-state index is 8.69. The summed E-state index contributed by atoms with van der Waals surface area (Å²) in [6.45, 7) is 16.3. The number of furan rings is 1. The molecule has 0 saturated heterocycles. The number of pyridine rings is 2. The average molecular weight is 986 g/mol. The second kappa shape index (κ2) is 17.3. The topological polar surface area (TPSA) is 38.9 Å². The minimum absolute atomic E-state index is 0. The van der Waals surface area contributed by atoms with Gasteiger partial charge < -0.3 is 4.98 Å². The van der Waals surface area contributed by atoms with Gasteiger partial charge in [0.05, 0.1) is 8.07 Å². The number of nitrogens with zero attached hydrogens (tertiary/aromatic N) is 2. The van der Waals surface area contributed by atoms with Crippen LogP contribution in [-0.2, 0) is 32.9 Å². The van der Waals surface area contributed by atoms with Crippen molar-refractivity contribution < 1.29 is 30.0 Å². The van der Waals surface area contributed by atoms with Gasteiger partial charge in [0.1, 0.15) is 0 Å². The van der Waals surface area contributed by atoms with Gasteiger partial charge in [0.2, 0.25) is 0 Å². The van der Waals surface area contributed by atoms with Gasteiger partial charge in [0, 0.05) is 38.0 Å². The third-order valence-corrected chi connectivity index (χ3v) is 15.5. The Kier molecular flexibility index (Phi) is 11.6. The maximum absolute atomic E-state index is 8.69. The van der Waals surface area contributed by atoms with Crippen molar-refractivity contribution in [3.05, 3.63) is 133 Å². The minimum atomic E-state index is -1.85. The van der Waals surface area contributed by atoms with Gasteiger partial charge in [-0.3, -0.25) is 0 Å². The van der Waals surface area contributed by atoms with Crippen LogP contribution in [0.25, 0.3) is 55.6 Å². The number of rotatable bonds is 8. The zero-order chi connectivity index (χ0) is 42.4. The van der Waals surface area contributed by atoms with Crippen molar-refractivity contribution in [2.45, 2.75) is 84.3 Å². The van der Waals surface area contributed by atoms with E-state index in [-0.39, 0.29) is 26.0 Å². The van der Waals surface area contributed by atoms with Crippen LogP contribution in [-0.4, -0.2) is 31.3 Å². The average Bonchev–Trinajstić information content (AvgIpc) is 3.55. The fraction of sp³-hybridized carbons (Fsp3) is 0.306. The SMILES string of the molecule is [2H]C([2H])(c1cc(-c2[c-]cccc2)ncc1[Si](C)(C)C)C(C)C.[2H]C([2H])(c1ccnc(-c2[c-]ccc3c2oc2cc(-c4cc[c]([Ge]([CH3])([CH3])[CH3])cc4)ccc23)c1)C(C)(C)C.[Ir]. The Morgan fingerprint density at radius 1 is 0.800 bits per heavy atom. The normalized spacial score (nSPS) is 13.7. The van der Waals surface area contributed by atoms with E-state index in [1.54, 1.807) is 12.3 Å². The van der Waals surface area contributed by atoms with Gasteiger partial charge in [0.15, 0.2) is 0 Å². The minimum Gasteiger partial charge on any atom is -0.0599 e. The van der Waals surface area contributed by atoms with Crippen LogP contribution in [0.5, 0.6) is 0 Å². The molecule has 55 heavy (non-hydrogen) atoms. The van der Waals surface area contributed by atoms with Crippen molar-refractivity contribution in [3.63, 3.8) is 0 Å². The van der Waals surface area contributed by atoms with Gasteiger partial charge in [-0.1, -0.05) is 71.5 Å². The van der Waals surface area contributed by atoms with Gasteiger partial charge >= 0.3 is 155 Å². The smallest absolute Gasteiger partial charge is 0.0599 e. The summed E-state index contributed by atoms with van der Waals surface area (Å²) >= 11 is -1.85. The number of aromatic nitrogens is 2. The molecular weight excluding hydrogens is 925 g/mol. The standard InChI is InChI=1S/C31H32GeNO.C18H24NSi.Ir/c1-31(2,3)20-21-16-17-33-28(18-21)27-9-7-8-26-25-15-12-23(19-29(25)34-30(26)27)22-10-13-24(14-11-22)32(4,5)6;1-14(2)11-16-12-17(15-9-7-6-8-10-15)19-13-18(16)20(3,4)5;/h7-8,10-19H,20H2,1-6H3;6-9,12-14H,11H2,1-5H3;/q2*-1;/i20D2;11D2;. The molecule has 3 nitrogen and oxygen atoms in total. The first-order chi connectivity index (χ1) is 27.0. The molecule has 4 aromatic carbocycles. The van der Waals surface area contributed by atoms with E-state index in [9.17, 15) is 0 Å². The molecule has 0 unspecified atom stereocenters. The summed E-state index contributed by atoms with van der Waals surface area (Å²) in [6.07, 6.45) is 0.695. The molecule has 7 rings (SSSR count). The zero-order valence-corrected chi connectivity index (χ0v) is 39.6. The van der Waals surface area contributed by atoms with Crippen molar-refractivity contribution in [3.8, 4) is 33.6 Å². The van der Waals surface area contributed by atoms with Crippen molar-refractivity contribution in [2.24, 2.45) is 11.3 Å². The molecule has 0 amide bonds. The third-order valence-electron chi connectivity index (χ3n) is 9.19. The molecule has 3 heterocycles. The first-order valence-corrected chi connectivity index (χ1v) is 29.8. The Bertz CT molecular complexity index is 2550. The van der Waals surface area contributed by atoms with Crippen LogP contribution in [0.4, 0.5) is 0 Å². The van der Waals surface area contributed by atoms with Crippen LogP contribution in [0.3, 0.4) is 0 Å². The summed E-state index contributed by atoms with van der Waals surface area (Å²) in [4.78, 5) is 9.15. The van der Waals surface area contributed by atoms with Crippen LogP contribution in [0.2, 0.25) is 36.9 Å². The summed E-state index contributed by atoms with van der Waals surface area (Å²) in [5, 5.41) is 3.16. The van der Waals surface area contributed by atoms with Gasteiger partial charge in [-0.2, -0.15) is 0 Å². The van der Waals surface area contributed by atoms with Crippen LogP contribution >= 0.6 is 0 Å². The van der Waals surface area contributed by atoms with Gasteiger partial charge in [-0.05, 0) is 41.0 Å². The molecule has 287 valence electrons. The molecular formula is C49H56GeIrN2OSi-2. The van der Waals surface area contributed by atoms with E-state index >= 15 is 0 Å². The molecule has 3 aromatic heterocycles. The summed E-state index contributed by atoms with van der Waals surface area (Å²) in [5.74, 6) is 7.14. The van der Waals surface area contributed by atoms with Crippen LogP contribution in [0.15, 0.2) is 114 Å². The molecule has 0 atom stereocenters. The Labute approximate surface area is 352 Å². The fourth-order valence-corrected chi connectivity index (χ4v) is 10.4. The molecule has 7 aromatic rings. The second-order valence-corrected chi connectivity index (χ2v) is 33.2. The monoisotopic (exact) mass is 987 g/mol. The Balaban J connectivity index is 0.000000248. The fourth-order valence-electron chi connectivity index (χ4n) is 6.54. The predicted octanol–water partition coefficient (Wildman–Crippen LogP) is 12.5. The zero-order valence-electron chi connectivity index (χ0n) is 38.1. The summed E-state index contributed by atoms with van der Waals surface area (Å²) in [6, 6.07) is 39.0. The molecule has 0 N–H and O–H groups in total. The Hall–Kier alpha value is -3.61. The van der Waals surface area contributed by atoms with Crippen molar-refractivity contribution in [2.75, 3.05) is 0 Å². The summed E-state index contributed by atoms with van der Waals surface area (Å²) in [5.41, 5.74) is 7.81. The molecule has 1 radical (unpaired) electrons. The van der Waals surface area contributed by atoms with E-state index in [4.69, 9.17) is 9.90 Å². The van der Waals surface area contributed by atoms with E-state index in [1.807, 2.05) is 89.3 Å². The third kappa shape index (κ3) is 10.6. The first-order valence-electron chi connectivity index (χ1n) is 20.9. The van der Waals surface area contributed by atoms with Gasteiger partial charge in [-0.15, -0.1) is 35.9 Å². The number of hydrogen-bond donors (Lipinski definition) is 0. The number of hydrogen-bond acceptors (Lipinski definition) is 3. The summed E-state index contributed by atoms with van der Waals surface area (Å²) in [7, 11) is -1.67. The van der Waals surface area contributed by atoms with Crippen LogP contribution < -0.4 is 9.58 Å². The molecule has 6 heteroatoms. The quantitative estimate of drug-likeness (QED) is 0.112. The van der Waals surface area contributed by atoms with E-state index in [0.29, 0.717) is 11.3 Å². The molecule has 0 aliphatic carbocycles. The van der Waals surface area contributed by atoms with E-state index in [0.717, 1.165) is 55.1 Å².